The molecule has 2 aliphatic rings. The third-order valence-corrected chi connectivity index (χ3v) is 6.55. The number of carbonyl (C=O) groups excluding carboxylic acids is 2. The summed E-state index contributed by atoms with van der Waals surface area (Å²) in [4.78, 5) is 30.9. The first-order chi connectivity index (χ1) is 13.1. The minimum Gasteiger partial charge on any atom is -0.308 e. The van der Waals surface area contributed by atoms with Crippen molar-refractivity contribution in [1.29, 1.82) is 0 Å². The van der Waals surface area contributed by atoms with Gasteiger partial charge in [-0.2, -0.15) is 4.99 Å². The second-order valence-electron chi connectivity index (χ2n) is 6.48. The number of nitrogens with zero attached hydrogens (tertiary/aromatic N) is 2. The number of aryl methyl sites for hydroxylation is 1. The largest absolute Gasteiger partial charge is 0.327 e. The number of aliphatic imine (C=N–C) groups is 1. The van der Waals surface area contributed by atoms with Crippen molar-refractivity contribution in [3.8, 4) is 0 Å². The number of hydrogen-bond donors (Lipinski definition) is 1. The highest BCUT2D eigenvalue weighted by molar-refractivity contribution is 8.12. The number of amidine groups is 1. The molecule has 1 atom stereocenters. The Morgan fingerprint density at radius 3 is 2.81 bits per heavy atom. The Labute approximate surface area is 159 Å². The normalized spacial score (nSPS) is 20.5. The maximum Gasteiger partial charge on any atom is 0.327 e. The monoisotopic (exact) mass is 384 g/mol. The number of rotatable bonds is 3. The fraction of sp³-hybridized carbons (Fsp3) is 0.250. The molecule has 7 heteroatoms. The van der Waals surface area contributed by atoms with E-state index in [-0.39, 0.29) is 29.0 Å². The van der Waals surface area contributed by atoms with Crippen molar-refractivity contribution in [2.24, 2.45) is 4.99 Å². The van der Waals surface area contributed by atoms with Gasteiger partial charge in [0.1, 0.15) is 11.5 Å². The van der Waals surface area contributed by atoms with Gasteiger partial charge in [-0.25, -0.2) is 4.39 Å². The molecule has 2 aliphatic heterocycles. The summed E-state index contributed by atoms with van der Waals surface area (Å²) in [5.74, 6) is -0.246. The number of benzene rings is 2. The highest BCUT2D eigenvalue weighted by Crippen LogP contribution is 2.27. The third kappa shape index (κ3) is 3.73. The number of nitrogens with one attached hydrogen (secondary N) is 1. The highest BCUT2D eigenvalue weighted by atomic mass is 32.2. The smallest absolute Gasteiger partial charge is 0.308 e. The fourth-order valence-electron chi connectivity index (χ4n) is 3.34. The summed E-state index contributed by atoms with van der Waals surface area (Å²) >= 11 is 0. The van der Waals surface area contributed by atoms with Crippen molar-refractivity contribution in [2.45, 2.75) is 12.8 Å². The molecule has 0 bridgehead atoms. The quantitative estimate of drug-likeness (QED) is 0.827. The van der Waals surface area contributed by atoms with E-state index >= 15 is 0 Å². The molecule has 2 heterocycles. The molecular formula is C20H19FN3O2S+. The second-order valence-corrected chi connectivity index (χ2v) is 8.43. The Kier molecular flexibility index (Phi) is 4.94. The van der Waals surface area contributed by atoms with E-state index in [2.05, 4.69) is 10.3 Å². The lowest BCUT2D eigenvalue weighted by molar-refractivity contribution is -0.117. The van der Waals surface area contributed by atoms with Gasteiger partial charge >= 0.3 is 5.17 Å². The molecule has 2 amide bonds. The van der Waals surface area contributed by atoms with Gasteiger partial charge < -0.3 is 4.90 Å². The molecule has 1 N–H and O–H groups in total. The minimum atomic E-state index is -0.681. The van der Waals surface area contributed by atoms with Gasteiger partial charge in [-0.3, -0.25) is 14.9 Å². The van der Waals surface area contributed by atoms with Crippen LogP contribution in [0.4, 0.5) is 15.8 Å². The molecule has 0 aliphatic carbocycles. The van der Waals surface area contributed by atoms with Crippen molar-refractivity contribution in [2.75, 3.05) is 23.0 Å². The minimum absolute atomic E-state index is 0.0248. The summed E-state index contributed by atoms with van der Waals surface area (Å²) < 4.78 is 13.9. The number of halogens is 1. The Hall–Kier alpha value is -2.67. The van der Waals surface area contributed by atoms with Gasteiger partial charge in [-0.1, -0.05) is 30.3 Å². The van der Waals surface area contributed by atoms with E-state index in [0.717, 1.165) is 18.5 Å². The van der Waals surface area contributed by atoms with Crippen LogP contribution in [-0.2, 0) is 26.9 Å². The van der Waals surface area contributed by atoms with Crippen LogP contribution in [0.15, 0.2) is 53.5 Å². The summed E-state index contributed by atoms with van der Waals surface area (Å²) in [5.41, 5.74) is 2.28. The van der Waals surface area contributed by atoms with Crippen LogP contribution in [0.1, 0.15) is 12.0 Å². The first-order valence-corrected chi connectivity index (χ1v) is 10.4. The number of hydrogen-bond acceptors (Lipinski definition) is 3. The number of anilines is 1. The molecule has 5 nitrogen and oxygen atoms in total. The maximum absolute atomic E-state index is 13.9. The first-order valence-electron chi connectivity index (χ1n) is 8.80. The Morgan fingerprint density at radius 1 is 1.19 bits per heavy atom. The topological polar surface area (TPSA) is 61.8 Å². The SMILES string of the molecule is O=C1C[S+](CC(=O)N2CCCc3ccccc32)C(=Nc2ccccc2F)N1. The summed E-state index contributed by atoms with van der Waals surface area (Å²) in [6, 6.07) is 14.1. The molecule has 2 aromatic rings. The lowest BCUT2D eigenvalue weighted by atomic mass is 10.0. The van der Waals surface area contributed by atoms with E-state index in [0.29, 0.717) is 11.7 Å². The summed E-state index contributed by atoms with van der Waals surface area (Å²) in [7, 11) is -0.681. The lowest BCUT2D eigenvalue weighted by Gasteiger charge is -2.28. The second kappa shape index (κ2) is 7.52. The maximum atomic E-state index is 13.9. The van der Waals surface area contributed by atoms with Gasteiger partial charge in [-0.15, -0.1) is 0 Å². The molecule has 0 saturated carbocycles. The molecule has 2 aromatic carbocycles. The number of amides is 2. The molecule has 1 unspecified atom stereocenters. The van der Waals surface area contributed by atoms with E-state index in [1.54, 1.807) is 23.1 Å². The van der Waals surface area contributed by atoms with E-state index < -0.39 is 16.7 Å². The van der Waals surface area contributed by atoms with Gasteiger partial charge in [0.15, 0.2) is 11.5 Å². The molecule has 0 aromatic heterocycles. The van der Waals surface area contributed by atoms with Crippen LogP contribution in [0.2, 0.25) is 0 Å². The third-order valence-electron chi connectivity index (χ3n) is 4.61. The summed E-state index contributed by atoms with van der Waals surface area (Å²) in [6.07, 6.45) is 1.88. The lowest BCUT2D eigenvalue weighted by Crippen LogP contribution is -2.40. The average Bonchev–Trinajstić information content (AvgIpc) is 3.02. The predicted octanol–water partition coefficient (Wildman–Crippen LogP) is 2.54. The van der Waals surface area contributed by atoms with Gasteiger partial charge in [-0.05, 0) is 36.6 Å². The van der Waals surface area contributed by atoms with Crippen LogP contribution in [0.3, 0.4) is 0 Å². The summed E-state index contributed by atoms with van der Waals surface area (Å²) in [5, 5.41) is 3.09. The van der Waals surface area contributed by atoms with Crippen molar-refractivity contribution in [3.05, 3.63) is 59.9 Å². The van der Waals surface area contributed by atoms with Gasteiger partial charge in [0, 0.05) is 12.2 Å². The Bertz CT molecular complexity index is 931. The summed E-state index contributed by atoms with van der Waals surface area (Å²) in [6.45, 7) is 0.675. The van der Waals surface area contributed by atoms with Gasteiger partial charge in [0.05, 0.1) is 10.9 Å². The average molecular weight is 384 g/mol. The fourth-order valence-corrected chi connectivity index (χ4v) is 5.04. The molecule has 0 spiro atoms. The molecule has 27 heavy (non-hydrogen) atoms. The van der Waals surface area contributed by atoms with Crippen LogP contribution < -0.4 is 10.2 Å². The molecular weight excluding hydrogens is 365 g/mol. The van der Waals surface area contributed by atoms with Crippen LogP contribution in [0, 0.1) is 5.82 Å². The van der Waals surface area contributed by atoms with Crippen molar-refractivity contribution in [3.63, 3.8) is 0 Å². The van der Waals surface area contributed by atoms with Crippen LogP contribution in [0.5, 0.6) is 0 Å². The van der Waals surface area contributed by atoms with Crippen LogP contribution >= 0.6 is 0 Å². The van der Waals surface area contributed by atoms with Crippen molar-refractivity contribution < 1.29 is 14.0 Å². The van der Waals surface area contributed by atoms with E-state index in [4.69, 9.17) is 0 Å². The van der Waals surface area contributed by atoms with Crippen LogP contribution in [-0.4, -0.2) is 35.0 Å². The highest BCUT2D eigenvalue weighted by Gasteiger charge is 2.42. The Balaban J connectivity index is 1.55. The molecule has 4 rings (SSSR count). The number of para-hydroxylation sites is 2. The van der Waals surface area contributed by atoms with Crippen molar-refractivity contribution in [1.82, 2.24) is 5.32 Å². The molecule has 1 saturated heterocycles. The Morgan fingerprint density at radius 2 is 1.96 bits per heavy atom. The standard InChI is InChI=1S/C20H18FN3O2S/c21-15-8-2-3-9-16(15)22-20-23-18(25)12-27(20)13-19(26)24-11-5-7-14-6-1-4-10-17(14)24/h1-4,6,8-10H,5,7,11-13H2/p+1. The van der Waals surface area contributed by atoms with Gasteiger partial charge in [0.2, 0.25) is 0 Å². The number of carbonyl (C=O) groups is 2. The van der Waals surface area contributed by atoms with E-state index in [1.165, 1.54) is 11.6 Å². The number of fused-ring (bicyclic) bond motifs is 1. The zero-order valence-corrected chi connectivity index (χ0v) is 15.5. The zero-order valence-electron chi connectivity index (χ0n) is 14.7. The van der Waals surface area contributed by atoms with E-state index in [9.17, 15) is 14.0 Å². The van der Waals surface area contributed by atoms with Crippen molar-refractivity contribution >= 4 is 39.3 Å². The molecule has 138 valence electrons. The van der Waals surface area contributed by atoms with Crippen LogP contribution in [0.25, 0.3) is 0 Å². The molecule has 0 radical (unpaired) electrons. The first kappa shape index (κ1) is 17.7. The zero-order chi connectivity index (χ0) is 18.8. The van der Waals surface area contributed by atoms with Gasteiger partial charge in [0.25, 0.3) is 11.8 Å². The van der Waals surface area contributed by atoms with E-state index in [1.807, 2.05) is 24.3 Å². The predicted molar refractivity (Wildman–Crippen MR) is 106 cm³/mol. The molecule has 1 fully saturated rings.